The first kappa shape index (κ1) is 9.91. The summed E-state index contributed by atoms with van der Waals surface area (Å²) in [6.45, 7) is 6.73. The Balaban J connectivity index is 2.29. The number of fused-ring (bicyclic) bond motifs is 1. The summed E-state index contributed by atoms with van der Waals surface area (Å²) >= 11 is 1.98. The Bertz CT molecular complexity index is 333. The fourth-order valence-electron chi connectivity index (χ4n) is 1.71. The van der Waals surface area contributed by atoms with Crippen LogP contribution in [-0.2, 0) is 0 Å². The SMILES string of the molecule is Cc1cccc2c1NC(C(C)C)CS2. The van der Waals surface area contributed by atoms with E-state index < -0.39 is 0 Å². The molecule has 1 heterocycles. The van der Waals surface area contributed by atoms with E-state index in [4.69, 9.17) is 0 Å². The van der Waals surface area contributed by atoms with E-state index in [2.05, 4.69) is 44.3 Å². The topological polar surface area (TPSA) is 12.0 Å². The highest BCUT2D eigenvalue weighted by atomic mass is 32.2. The Labute approximate surface area is 90.3 Å². The van der Waals surface area contributed by atoms with Gasteiger partial charge in [0.1, 0.15) is 0 Å². The van der Waals surface area contributed by atoms with Crippen molar-refractivity contribution < 1.29 is 0 Å². The largest absolute Gasteiger partial charge is 0.380 e. The highest BCUT2D eigenvalue weighted by Crippen LogP contribution is 2.36. The van der Waals surface area contributed by atoms with Crippen LogP contribution in [0.2, 0.25) is 0 Å². The van der Waals surface area contributed by atoms with Crippen molar-refractivity contribution in [2.75, 3.05) is 11.1 Å². The summed E-state index contributed by atoms with van der Waals surface area (Å²) in [7, 11) is 0. The third-order valence-electron chi connectivity index (χ3n) is 2.79. The molecule has 1 aliphatic heterocycles. The molecule has 2 rings (SSSR count). The first-order chi connectivity index (χ1) is 6.68. The molecule has 1 nitrogen and oxygen atoms in total. The lowest BCUT2D eigenvalue weighted by molar-refractivity contribution is 0.562. The predicted octanol–water partition coefficient (Wildman–Crippen LogP) is 3.54. The number of rotatable bonds is 1. The van der Waals surface area contributed by atoms with E-state index in [0.29, 0.717) is 12.0 Å². The predicted molar refractivity (Wildman–Crippen MR) is 64.2 cm³/mol. The molecular formula is C12H17NS. The Morgan fingerprint density at radius 2 is 2.21 bits per heavy atom. The van der Waals surface area contributed by atoms with E-state index in [0.717, 1.165) is 0 Å². The van der Waals surface area contributed by atoms with Gasteiger partial charge in [-0.3, -0.25) is 0 Å². The maximum Gasteiger partial charge on any atom is 0.0510 e. The summed E-state index contributed by atoms with van der Waals surface area (Å²) in [4.78, 5) is 1.40. The number of hydrogen-bond donors (Lipinski definition) is 1. The molecule has 0 saturated carbocycles. The summed E-state index contributed by atoms with van der Waals surface area (Å²) in [5.74, 6) is 1.89. The molecule has 0 aromatic heterocycles. The Hall–Kier alpha value is -0.630. The van der Waals surface area contributed by atoms with E-state index in [1.807, 2.05) is 11.8 Å². The monoisotopic (exact) mass is 207 g/mol. The van der Waals surface area contributed by atoms with Crippen LogP contribution >= 0.6 is 11.8 Å². The Morgan fingerprint density at radius 3 is 2.93 bits per heavy atom. The maximum absolute atomic E-state index is 3.64. The molecule has 1 atom stereocenters. The Kier molecular flexibility index (Phi) is 2.73. The van der Waals surface area contributed by atoms with Crippen LogP contribution in [0.1, 0.15) is 19.4 Å². The molecule has 14 heavy (non-hydrogen) atoms. The van der Waals surface area contributed by atoms with Crippen molar-refractivity contribution >= 4 is 17.4 Å². The maximum atomic E-state index is 3.64. The average molecular weight is 207 g/mol. The zero-order valence-electron chi connectivity index (χ0n) is 9.00. The van der Waals surface area contributed by atoms with Gasteiger partial charge < -0.3 is 5.32 Å². The van der Waals surface area contributed by atoms with E-state index in [-0.39, 0.29) is 0 Å². The third-order valence-corrected chi connectivity index (χ3v) is 3.96. The second kappa shape index (κ2) is 3.85. The second-order valence-corrected chi connectivity index (χ2v) is 5.32. The van der Waals surface area contributed by atoms with Crippen LogP contribution in [0.3, 0.4) is 0 Å². The Morgan fingerprint density at radius 1 is 1.43 bits per heavy atom. The first-order valence-electron chi connectivity index (χ1n) is 5.17. The molecule has 1 aromatic carbocycles. The first-order valence-corrected chi connectivity index (χ1v) is 6.16. The molecule has 2 heteroatoms. The van der Waals surface area contributed by atoms with Gasteiger partial charge in [0, 0.05) is 16.7 Å². The molecule has 0 radical (unpaired) electrons. The van der Waals surface area contributed by atoms with Crippen molar-refractivity contribution in [3.05, 3.63) is 23.8 Å². The van der Waals surface area contributed by atoms with Gasteiger partial charge in [0.15, 0.2) is 0 Å². The fourth-order valence-corrected chi connectivity index (χ4v) is 3.08. The van der Waals surface area contributed by atoms with E-state index >= 15 is 0 Å². The molecule has 1 aromatic rings. The molecule has 0 amide bonds. The van der Waals surface area contributed by atoms with E-state index in [1.54, 1.807) is 0 Å². The van der Waals surface area contributed by atoms with Gasteiger partial charge in [-0.05, 0) is 24.5 Å². The summed E-state index contributed by atoms with van der Waals surface area (Å²) < 4.78 is 0. The molecule has 1 N–H and O–H groups in total. The van der Waals surface area contributed by atoms with Gasteiger partial charge in [0.05, 0.1) is 5.69 Å². The summed E-state index contributed by atoms with van der Waals surface area (Å²) in [5, 5.41) is 3.64. The molecule has 0 fully saturated rings. The molecule has 0 aliphatic carbocycles. The third kappa shape index (κ3) is 1.76. The number of hydrogen-bond acceptors (Lipinski definition) is 2. The summed E-state index contributed by atoms with van der Waals surface area (Å²) in [6, 6.07) is 7.14. The van der Waals surface area contributed by atoms with Gasteiger partial charge in [-0.2, -0.15) is 0 Å². The van der Waals surface area contributed by atoms with Crippen molar-refractivity contribution in [3.8, 4) is 0 Å². The van der Waals surface area contributed by atoms with Crippen LogP contribution in [0, 0.1) is 12.8 Å². The van der Waals surface area contributed by atoms with Crippen molar-refractivity contribution in [1.82, 2.24) is 0 Å². The fraction of sp³-hybridized carbons (Fsp3) is 0.500. The van der Waals surface area contributed by atoms with Gasteiger partial charge in [-0.15, -0.1) is 11.8 Å². The normalized spacial score (nSPS) is 20.4. The average Bonchev–Trinajstić information content (AvgIpc) is 2.18. The van der Waals surface area contributed by atoms with Gasteiger partial charge in [-0.1, -0.05) is 26.0 Å². The molecular weight excluding hydrogens is 190 g/mol. The van der Waals surface area contributed by atoms with E-state index in [9.17, 15) is 0 Å². The minimum atomic E-state index is 0.619. The smallest absolute Gasteiger partial charge is 0.0510 e. The molecule has 1 unspecified atom stereocenters. The van der Waals surface area contributed by atoms with Gasteiger partial charge in [0.2, 0.25) is 0 Å². The van der Waals surface area contributed by atoms with Crippen LogP contribution < -0.4 is 5.32 Å². The second-order valence-electron chi connectivity index (χ2n) is 4.25. The van der Waals surface area contributed by atoms with Crippen LogP contribution in [-0.4, -0.2) is 11.8 Å². The van der Waals surface area contributed by atoms with Gasteiger partial charge in [0.25, 0.3) is 0 Å². The van der Waals surface area contributed by atoms with Gasteiger partial charge >= 0.3 is 0 Å². The molecule has 0 spiro atoms. The summed E-state index contributed by atoms with van der Waals surface area (Å²) in [6.07, 6.45) is 0. The lowest BCUT2D eigenvalue weighted by Gasteiger charge is -2.30. The lowest BCUT2D eigenvalue weighted by atomic mass is 10.0. The number of para-hydroxylation sites is 1. The molecule has 0 bridgehead atoms. The van der Waals surface area contributed by atoms with Crippen LogP contribution in [0.4, 0.5) is 5.69 Å². The highest BCUT2D eigenvalue weighted by molar-refractivity contribution is 7.99. The van der Waals surface area contributed by atoms with E-state index in [1.165, 1.54) is 21.9 Å². The van der Waals surface area contributed by atoms with Crippen molar-refractivity contribution in [2.45, 2.75) is 31.7 Å². The number of anilines is 1. The van der Waals surface area contributed by atoms with Crippen molar-refractivity contribution in [1.29, 1.82) is 0 Å². The number of benzene rings is 1. The lowest BCUT2D eigenvalue weighted by Crippen LogP contribution is -2.31. The van der Waals surface area contributed by atoms with Crippen LogP contribution in [0.5, 0.6) is 0 Å². The minimum Gasteiger partial charge on any atom is -0.380 e. The standard InChI is InChI=1S/C12H17NS/c1-8(2)10-7-14-11-6-4-5-9(3)12(11)13-10/h4-6,8,10,13H,7H2,1-3H3. The number of thioether (sulfide) groups is 1. The number of aryl methyl sites for hydroxylation is 1. The van der Waals surface area contributed by atoms with Gasteiger partial charge in [-0.25, -0.2) is 0 Å². The zero-order valence-corrected chi connectivity index (χ0v) is 9.82. The molecule has 76 valence electrons. The van der Waals surface area contributed by atoms with Crippen molar-refractivity contribution in [3.63, 3.8) is 0 Å². The van der Waals surface area contributed by atoms with Crippen LogP contribution in [0.25, 0.3) is 0 Å². The van der Waals surface area contributed by atoms with Crippen molar-refractivity contribution in [2.24, 2.45) is 5.92 Å². The van der Waals surface area contributed by atoms with Crippen LogP contribution in [0.15, 0.2) is 23.1 Å². The highest BCUT2D eigenvalue weighted by Gasteiger charge is 2.21. The molecule has 0 saturated heterocycles. The minimum absolute atomic E-state index is 0.619. The molecule has 1 aliphatic rings. The summed E-state index contributed by atoms with van der Waals surface area (Å²) in [5.41, 5.74) is 2.71. The zero-order chi connectivity index (χ0) is 10.1. The number of nitrogens with one attached hydrogen (secondary N) is 1. The quantitative estimate of drug-likeness (QED) is 0.756.